The molecule has 4 nitrogen and oxygen atoms in total. The lowest BCUT2D eigenvalue weighted by atomic mass is 10.1. The summed E-state index contributed by atoms with van der Waals surface area (Å²) in [5, 5.41) is 14.9. The summed E-state index contributed by atoms with van der Waals surface area (Å²) in [6.07, 6.45) is 0.920. The normalized spacial score (nSPS) is 13.0. The standard InChI is InChI=1S/C13H17BrN2O2S/c1-7(2)16-11(9(18-4)6-15-16)12(17)10-5-8(3)13(14)19-10/h5-7,12,17H,1-4H3. The number of hydrogen-bond donors (Lipinski definition) is 1. The lowest BCUT2D eigenvalue weighted by Gasteiger charge is -2.16. The number of methoxy groups -OCH3 is 1. The van der Waals surface area contributed by atoms with E-state index in [1.807, 2.05) is 26.8 Å². The number of aromatic nitrogens is 2. The van der Waals surface area contributed by atoms with Crippen molar-refractivity contribution in [3.8, 4) is 5.75 Å². The van der Waals surface area contributed by atoms with Crippen LogP contribution in [0.5, 0.6) is 5.75 Å². The Morgan fingerprint density at radius 3 is 2.63 bits per heavy atom. The fourth-order valence-corrected chi connectivity index (χ4v) is 3.50. The first-order chi connectivity index (χ1) is 8.95. The SMILES string of the molecule is COc1cnn(C(C)C)c1C(O)c1cc(C)c(Br)s1. The van der Waals surface area contributed by atoms with Gasteiger partial charge < -0.3 is 9.84 Å². The fraction of sp³-hybridized carbons (Fsp3) is 0.462. The van der Waals surface area contributed by atoms with E-state index < -0.39 is 6.10 Å². The highest BCUT2D eigenvalue weighted by atomic mass is 79.9. The van der Waals surface area contributed by atoms with Gasteiger partial charge in [-0.05, 0) is 48.3 Å². The molecule has 2 heterocycles. The molecule has 1 unspecified atom stereocenters. The van der Waals surface area contributed by atoms with E-state index in [-0.39, 0.29) is 6.04 Å². The average molecular weight is 345 g/mol. The molecule has 0 aliphatic rings. The molecule has 2 aromatic rings. The quantitative estimate of drug-likeness (QED) is 0.919. The highest BCUT2D eigenvalue weighted by Crippen LogP contribution is 2.37. The third kappa shape index (κ3) is 2.70. The lowest BCUT2D eigenvalue weighted by molar-refractivity contribution is 0.203. The largest absolute Gasteiger partial charge is 0.493 e. The van der Waals surface area contributed by atoms with Gasteiger partial charge in [0.25, 0.3) is 0 Å². The number of nitrogens with zero attached hydrogens (tertiary/aromatic N) is 2. The molecule has 2 aromatic heterocycles. The van der Waals surface area contributed by atoms with Gasteiger partial charge in [-0.3, -0.25) is 4.68 Å². The molecular weight excluding hydrogens is 328 g/mol. The van der Waals surface area contributed by atoms with Crippen molar-refractivity contribution in [1.82, 2.24) is 9.78 Å². The zero-order chi connectivity index (χ0) is 14.2. The molecule has 0 radical (unpaired) electrons. The molecule has 0 amide bonds. The monoisotopic (exact) mass is 344 g/mol. The topological polar surface area (TPSA) is 47.3 Å². The maximum Gasteiger partial charge on any atom is 0.163 e. The van der Waals surface area contributed by atoms with Crippen molar-refractivity contribution in [2.45, 2.75) is 32.9 Å². The Hall–Kier alpha value is -0.850. The van der Waals surface area contributed by atoms with Crippen LogP contribution in [0.4, 0.5) is 0 Å². The molecule has 0 fully saturated rings. The van der Waals surface area contributed by atoms with E-state index in [4.69, 9.17) is 4.74 Å². The molecule has 0 aliphatic carbocycles. The molecule has 19 heavy (non-hydrogen) atoms. The van der Waals surface area contributed by atoms with Gasteiger partial charge >= 0.3 is 0 Å². The summed E-state index contributed by atoms with van der Waals surface area (Å²) < 4.78 is 8.14. The number of aliphatic hydroxyl groups is 1. The second kappa shape index (κ2) is 5.64. The molecule has 1 N–H and O–H groups in total. The second-order valence-electron chi connectivity index (χ2n) is 4.64. The maximum atomic E-state index is 10.6. The van der Waals surface area contributed by atoms with Crippen LogP contribution in [-0.4, -0.2) is 22.0 Å². The number of aryl methyl sites for hydroxylation is 1. The Morgan fingerprint density at radius 1 is 1.47 bits per heavy atom. The first-order valence-corrected chi connectivity index (χ1v) is 7.62. The summed E-state index contributed by atoms with van der Waals surface area (Å²) in [6, 6.07) is 2.15. The summed E-state index contributed by atoms with van der Waals surface area (Å²) in [6.45, 7) is 6.06. The summed E-state index contributed by atoms with van der Waals surface area (Å²) in [5.41, 5.74) is 1.82. The van der Waals surface area contributed by atoms with Crippen LogP contribution < -0.4 is 4.74 Å². The fourth-order valence-electron chi connectivity index (χ4n) is 1.94. The molecule has 0 aromatic carbocycles. The highest BCUT2D eigenvalue weighted by molar-refractivity contribution is 9.11. The molecule has 104 valence electrons. The minimum Gasteiger partial charge on any atom is -0.493 e. The Morgan fingerprint density at radius 2 is 2.16 bits per heavy atom. The van der Waals surface area contributed by atoms with Crippen molar-refractivity contribution in [3.63, 3.8) is 0 Å². The lowest BCUT2D eigenvalue weighted by Crippen LogP contribution is -2.12. The minimum atomic E-state index is -0.727. The Kier molecular flexibility index (Phi) is 4.32. The van der Waals surface area contributed by atoms with Gasteiger partial charge in [0.2, 0.25) is 0 Å². The molecule has 0 saturated carbocycles. The van der Waals surface area contributed by atoms with Crippen LogP contribution in [0.1, 0.15) is 42.1 Å². The van der Waals surface area contributed by atoms with E-state index in [0.717, 1.165) is 14.2 Å². The highest BCUT2D eigenvalue weighted by Gasteiger charge is 2.24. The van der Waals surface area contributed by atoms with E-state index in [1.165, 1.54) is 11.3 Å². The Bertz CT molecular complexity index is 558. The number of aliphatic hydroxyl groups excluding tert-OH is 1. The number of thiophene rings is 1. The van der Waals surface area contributed by atoms with Gasteiger partial charge in [-0.25, -0.2) is 0 Å². The van der Waals surface area contributed by atoms with Gasteiger partial charge in [-0.15, -0.1) is 11.3 Å². The van der Waals surface area contributed by atoms with E-state index in [2.05, 4.69) is 21.0 Å². The maximum absolute atomic E-state index is 10.6. The van der Waals surface area contributed by atoms with Gasteiger partial charge in [0.05, 0.1) is 17.1 Å². The van der Waals surface area contributed by atoms with Crippen LogP contribution in [0, 0.1) is 6.92 Å². The number of hydrogen-bond acceptors (Lipinski definition) is 4. The van der Waals surface area contributed by atoms with E-state index >= 15 is 0 Å². The smallest absolute Gasteiger partial charge is 0.163 e. The third-order valence-electron chi connectivity index (χ3n) is 2.91. The van der Waals surface area contributed by atoms with Crippen molar-refractivity contribution in [1.29, 1.82) is 0 Å². The van der Waals surface area contributed by atoms with Gasteiger partial charge in [-0.1, -0.05) is 0 Å². The van der Waals surface area contributed by atoms with E-state index in [0.29, 0.717) is 11.4 Å². The van der Waals surface area contributed by atoms with Crippen LogP contribution in [0.15, 0.2) is 16.0 Å². The van der Waals surface area contributed by atoms with Crippen LogP contribution in [-0.2, 0) is 0 Å². The molecule has 2 rings (SSSR count). The molecule has 0 spiro atoms. The van der Waals surface area contributed by atoms with Gasteiger partial charge in [0, 0.05) is 10.9 Å². The first kappa shape index (κ1) is 14.6. The van der Waals surface area contributed by atoms with Crippen molar-refractivity contribution in [3.05, 3.63) is 32.2 Å². The van der Waals surface area contributed by atoms with Crippen molar-refractivity contribution >= 4 is 27.3 Å². The number of halogens is 1. The average Bonchev–Trinajstić information content (AvgIpc) is 2.93. The first-order valence-electron chi connectivity index (χ1n) is 6.01. The molecule has 0 bridgehead atoms. The summed E-state index contributed by atoms with van der Waals surface area (Å²) in [7, 11) is 1.59. The van der Waals surface area contributed by atoms with Gasteiger partial charge in [0.1, 0.15) is 11.8 Å². The van der Waals surface area contributed by atoms with Crippen LogP contribution in [0.25, 0.3) is 0 Å². The Labute approximate surface area is 125 Å². The minimum absolute atomic E-state index is 0.165. The predicted octanol–water partition coefficient (Wildman–Crippen LogP) is 3.69. The summed E-state index contributed by atoms with van der Waals surface area (Å²) >= 11 is 5.01. The van der Waals surface area contributed by atoms with Crippen molar-refractivity contribution in [2.24, 2.45) is 0 Å². The summed E-state index contributed by atoms with van der Waals surface area (Å²) in [4.78, 5) is 0.880. The van der Waals surface area contributed by atoms with E-state index in [9.17, 15) is 5.11 Å². The third-order valence-corrected chi connectivity index (χ3v) is 5.10. The molecule has 6 heteroatoms. The zero-order valence-electron chi connectivity index (χ0n) is 11.3. The second-order valence-corrected chi connectivity index (χ2v) is 7.05. The van der Waals surface area contributed by atoms with Gasteiger partial charge in [-0.2, -0.15) is 5.10 Å². The van der Waals surface area contributed by atoms with E-state index in [1.54, 1.807) is 18.0 Å². The predicted molar refractivity (Wildman–Crippen MR) is 80.0 cm³/mol. The summed E-state index contributed by atoms with van der Waals surface area (Å²) in [5.74, 6) is 0.614. The van der Waals surface area contributed by atoms with Crippen molar-refractivity contribution in [2.75, 3.05) is 7.11 Å². The zero-order valence-corrected chi connectivity index (χ0v) is 13.7. The van der Waals surface area contributed by atoms with Crippen LogP contribution in [0.2, 0.25) is 0 Å². The number of rotatable bonds is 4. The number of ether oxygens (including phenoxy) is 1. The molecule has 0 aliphatic heterocycles. The molecule has 0 saturated heterocycles. The van der Waals surface area contributed by atoms with Crippen LogP contribution in [0.3, 0.4) is 0 Å². The molecular formula is C13H17BrN2O2S. The van der Waals surface area contributed by atoms with Crippen molar-refractivity contribution < 1.29 is 9.84 Å². The molecule has 1 atom stereocenters. The van der Waals surface area contributed by atoms with Crippen LogP contribution >= 0.6 is 27.3 Å². The Balaban J connectivity index is 2.47. The van der Waals surface area contributed by atoms with Gasteiger partial charge in [0.15, 0.2) is 5.75 Å².